The Morgan fingerprint density at radius 1 is 1.02 bits per heavy atom. The van der Waals surface area contributed by atoms with Gasteiger partial charge in [-0.2, -0.15) is 0 Å². The van der Waals surface area contributed by atoms with Gasteiger partial charge in [0.05, 0.1) is 6.54 Å². The summed E-state index contributed by atoms with van der Waals surface area (Å²) in [6, 6.07) is 20.5. The Labute approximate surface area is 233 Å². The molecule has 0 radical (unpaired) electrons. The molecule has 0 aliphatic carbocycles. The summed E-state index contributed by atoms with van der Waals surface area (Å²) >= 11 is 0. The molecule has 1 saturated heterocycles. The van der Waals surface area contributed by atoms with Gasteiger partial charge in [-0.3, -0.25) is 9.59 Å². The number of nitrogens with zero attached hydrogens (tertiary/aromatic N) is 4. The highest BCUT2D eigenvalue weighted by Gasteiger charge is 2.45. The van der Waals surface area contributed by atoms with Crippen molar-refractivity contribution in [2.45, 2.75) is 38.6 Å². The van der Waals surface area contributed by atoms with E-state index in [0.717, 1.165) is 16.7 Å². The van der Waals surface area contributed by atoms with Crippen molar-refractivity contribution in [2.75, 3.05) is 20.1 Å². The summed E-state index contributed by atoms with van der Waals surface area (Å²) in [7, 11) is 1.75. The van der Waals surface area contributed by atoms with Gasteiger partial charge >= 0.3 is 6.03 Å². The fraction of sp³-hybridized carbons (Fsp3) is 0.300. The number of phenols is 1. The highest BCUT2D eigenvalue weighted by atomic mass is 19.1. The number of hydrogen-bond donors (Lipinski definition) is 2. The predicted octanol–water partition coefficient (Wildman–Crippen LogP) is 3.35. The van der Waals surface area contributed by atoms with Crippen LogP contribution in [0.3, 0.4) is 0 Å². The molecule has 1 aliphatic heterocycles. The number of carbonyl (C=O) groups is 3. The van der Waals surface area contributed by atoms with E-state index in [1.807, 2.05) is 37.3 Å². The van der Waals surface area contributed by atoms with Crippen LogP contribution in [0.25, 0.3) is 0 Å². The minimum absolute atomic E-state index is 0.0596. The number of carbonyl (C=O) groups excluding carboxylic acids is 3. The highest BCUT2D eigenvalue weighted by Crippen LogP contribution is 2.25. The molecular weight excluding hydrogens is 513 g/mol. The molecule has 0 bridgehead atoms. The van der Waals surface area contributed by atoms with Crippen molar-refractivity contribution >= 4 is 18.3 Å². The first-order valence-corrected chi connectivity index (χ1v) is 13.2. The quantitative estimate of drug-likeness (QED) is 0.300. The number of aromatic hydroxyl groups is 1. The second-order valence-electron chi connectivity index (χ2n) is 9.73. The lowest BCUT2D eigenvalue weighted by atomic mass is 9.99. The number of nitrogens with one attached hydrogen (secondary N) is 1. The van der Waals surface area contributed by atoms with E-state index in [1.165, 1.54) is 34.2 Å². The lowest BCUT2D eigenvalue weighted by Gasteiger charge is -2.50. The van der Waals surface area contributed by atoms with Gasteiger partial charge in [0.1, 0.15) is 23.8 Å². The van der Waals surface area contributed by atoms with Crippen LogP contribution in [-0.2, 0) is 29.1 Å². The van der Waals surface area contributed by atoms with E-state index >= 15 is 0 Å². The maximum atomic E-state index is 13.8. The number of phenolic OH excluding ortho intramolecular Hbond substituents is 1. The van der Waals surface area contributed by atoms with Crippen LogP contribution in [0.15, 0.2) is 78.9 Å². The minimum Gasteiger partial charge on any atom is -0.508 e. The Morgan fingerprint density at radius 2 is 1.68 bits per heavy atom. The van der Waals surface area contributed by atoms with Crippen LogP contribution >= 0.6 is 0 Å². The molecule has 2 atom stereocenters. The Balaban J connectivity index is 1.67. The molecular formula is C30H34FN5O4. The average molecular weight is 548 g/mol. The molecule has 3 aromatic carbocycles. The standard InChI is InChI=1S/C30H34FN5O4/c1-3-33(2)36(30(40)32-18-23-7-5-4-6-8-23)28-20-34(19-24-9-13-25(31)14-10-24)29(39)27(35(28)21-37)17-22-11-15-26(38)16-12-22/h4-16,21,27-28,38H,3,17-20H2,1-2H3,(H,32,40)/t27-,28?/m0/s1. The van der Waals surface area contributed by atoms with Crippen molar-refractivity contribution in [3.8, 4) is 5.75 Å². The van der Waals surface area contributed by atoms with Crippen LogP contribution in [0.5, 0.6) is 5.75 Å². The van der Waals surface area contributed by atoms with Gasteiger partial charge in [-0.05, 0) is 41.0 Å². The molecule has 40 heavy (non-hydrogen) atoms. The smallest absolute Gasteiger partial charge is 0.334 e. The maximum Gasteiger partial charge on any atom is 0.334 e. The summed E-state index contributed by atoms with van der Waals surface area (Å²) in [5.41, 5.74) is 2.39. The number of urea groups is 1. The fourth-order valence-corrected chi connectivity index (χ4v) is 4.80. The van der Waals surface area contributed by atoms with Gasteiger partial charge < -0.3 is 20.2 Å². The zero-order valence-corrected chi connectivity index (χ0v) is 22.6. The summed E-state index contributed by atoms with van der Waals surface area (Å²) in [4.78, 5) is 43.0. The van der Waals surface area contributed by atoms with E-state index in [9.17, 15) is 23.9 Å². The number of hydrazine groups is 1. The third-order valence-corrected chi connectivity index (χ3v) is 7.06. The first-order valence-electron chi connectivity index (χ1n) is 13.2. The van der Waals surface area contributed by atoms with Gasteiger partial charge in [0.2, 0.25) is 12.3 Å². The topological polar surface area (TPSA) is 96.4 Å². The van der Waals surface area contributed by atoms with Gasteiger partial charge in [-0.15, -0.1) is 0 Å². The zero-order valence-electron chi connectivity index (χ0n) is 22.6. The summed E-state index contributed by atoms with van der Waals surface area (Å²) < 4.78 is 13.6. The Morgan fingerprint density at radius 3 is 2.30 bits per heavy atom. The van der Waals surface area contributed by atoms with Crippen molar-refractivity contribution in [3.63, 3.8) is 0 Å². The Bertz CT molecular complexity index is 1290. The molecule has 10 heteroatoms. The maximum absolute atomic E-state index is 13.8. The number of amides is 4. The first kappa shape index (κ1) is 28.6. The number of halogens is 1. The SMILES string of the molecule is CCN(C)N(C(=O)NCc1ccccc1)C1CN(Cc2ccc(F)cc2)C(=O)[C@H](Cc2ccc(O)cc2)N1C=O. The lowest BCUT2D eigenvalue weighted by molar-refractivity contribution is -0.165. The minimum atomic E-state index is -0.907. The molecule has 2 N–H and O–H groups in total. The summed E-state index contributed by atoms with van der Waals surface area (Å²) in [6.07, 6.45) is -0.00791. The lowest BCUT2D eigenvalue weighted by Crippen LogP contribution is -2.70. The van der Waals surface area contributed by atoms with E-state index in [4.69, 9.17) is 0 Å². The van der Waals surface area contributed by atoms with Crippen molar-refractivity contribution < 1.29 is 23.9 Å². The molecule has 0 aromatic heterocycles. The number of benzene rings is 3. The fourth-order valence-electron chi connectivity index (χ4n) is 4.80. The molecule has 4 rings (SSSR count). The van der Waals surface area contributed by atoms with Crippen LogP contribution < -0.4 is 5.32 Å². The molecule has 1 fully saturated rings. The Hall–Kier alpha value is -4.44. The largest absolute Gasteiger partial charge is 0.508 e. The van der Waals surface area contributed by atoms with Crippen LogP contribution in [0.4, 0.5) is 9.18 Å². The third-order valence-electron chi connectivity index (χ3n) is 7.06. The summed E-state index contributed by atoms with van der Waals surface area (Å²) in [5.74, 6) is -0.577. The molecule has 4 amide bonds. The monoisotopic (exact) mass is 547 g/mol. The van der Waals surface area contributed by atoms with Gasteiger partial charge in [-0.1, -0.05) is 61.5 Å². The molecule has 1 unspecified atom stereocenters. The van der Waals surface area contributed by atoms with E-state index in [2.05, 4.69) is 5.32 Å². The number of rotatable bonds is 10. The van der Waals surface area contributed by atoms with Crippen molar-refractivity contribution in [1.29, 1.82) is 0 Å². The second-order valence-corrected chi connectivity index (χ2v) is 9.73. The van der Waals surface area contributed by atoms with Crippen molar-refractivity contribution in [3.05, 3.63) is 101 Å². The molecule has 210 valence electrons. The molecule has 3 aromatic rings. The van der Waals surface area contributed by atoms with Crippen LogP contribution in [0, 0.1) is 5.82 Å². The zero-order chi connectivity index (χ0) is 28.6. The van der Waals surface area contributed by atoms with Gasteiger partial charge in [-0.25, -0.2) is 19.2 Å². The van der Waals surface area contributed by atoms with Crippen molar-refractivity contribution in [2.24, 2.45) is 0 Å². The number of hydrogen-bond acceptors (Lipinski definition) is 5. The van der Waals surface area contributed by atoms with Crippen LogP contribution in [0.2, 0.25) is 0 Å². The molecule has 9 nitrogen and oxygen atoms in total. The summed E-state index contributed by atoms with van der Waals surface area (Å²) in [6.45, 7) is 2.89. The van der Waals surface area contributed by atoms with Crippen LogP contribution in [0.1, 0.15) is 23.6 Å². The molecule has 1 heterocycles. The van der Waals surface area contributed by atoms with Gasteiger partial charge in [0, 0.05) is 33.1 Å². The first-order chi connectivity index (χ1) is 19.3. The second kappa shape index (κ2) is 13.1. The summed E-state index contributed by atoms with van der Waals surface area (Å²) in [5, 5.41) is 15.8. The third kappa shape index (κ3) is 6.76. The number of piperazine rings is 1. The molecule has 1 aliphatic rings. The van der Waals surface area contributed by atoms with Gasteiger partial charge in [0.15, 0.2) is 0 Å². The van der Waals surface area contributed by atoms with Crippen molar-refractivity contribution in [1.82, 2.24) is 25.1 Å². The average Bonchev–Trinajstić information content (AvgIpc) is 2.97. The van der Waals surface area contributed by atoms with Crippen LogP contribution in [-0.4, -0.2) is 75.6 Å². The van der Waals surface area contributed by atoms with Gasteiger partial charge in [0.25, 0.3) is 0 Å². The molecule has 0 spiro atoms. The highest BCUT2D eigenvalue weighted by molar-refractivity contribution is 5.86. The van der Waals surface area contributed by atoms with E-state index in [1.54, 1.807) is 41.2 Å². The van der Waals surface area contributed by atoms with E-state index in [-0.39, 0.29) is 43.5 Å². The molecule has 0 saturated carbocycles. The normalized spacial score (nSPS) is 17.1. The Kier molecular flexibility index (Phi) is 9.34. The van der Waals surface area contributed by atoms with E-state index in [0.29, 0.717) is 13.0 Å². The predicted molar refractivity (Wildman–Crippen MR) is 148 cm³/mol. The van der Waals surface area contributed by atoms with E-state index < -0.39 is 18.2 Å².